The molecule has 0 heterocycles. The molecule has 2 rings (SSSR count). The van der Waals surface area contributed by atoms with Crippen LogP contribution in [0.2, 0.25) is 10.0 Å². The van der Waals surface area contributed by atoms with E-state index in [-0.39, 0.29) is 0 Å². The Morgan fingerprint density at radius 1 is 1.05 bits per heavy atom. The van der Waals surface area contributed by atoms with E-state index in [4.69, 9.17) is 33.7 Å². The lowest BCUT2D eigenvalue weighted by atomic mass is 10.1. The number of rotatable bonds is 6. The lowest BCUT2D eigenvalue weighted by Crippen LogP contribution is -2.03. The normalized spacial score (nSPS) is 10.6. The molecule has 20 heavy (non-hydrogen) atoms. The van der Waals surface area contributed by atoms with Gasteiger partial charge in [-0.05, 0) is 37.1 Å². The topological polar surface area (TPSA) is 35.2 Å². The summed E-state index contributed by atoms with van der Waals surface area (Å²) in [4.78, 5) is 0. The molecule has 0 atom stereocenters. The lowest BCUT2D eigenvalue weighted by molar-refractivity contribution is 0.303. The maximum Gasteiger partial charge on any atom is 0.125 e. The molecule has 0 bridgehead atoms. The summed E-state index contributed by atoms with van der Waals surface area (Å²) in [6, 6.07) is 13.5. The van der Waals surface area contributed by atoms with Crippen molar-refractivity contribution in [1.82, 2.24) is 0 Å². The highest BCUT2D eigenvalue weighted by atomic mass is 35.5. The van der Waals surface area contributed by atoms with Crippen LogP contribution < -0.4 is 10.5 Å². The van der Waals surface area contributed by atoms with Crippen LogP contribution in [0.1, 0.15) is 17.5 Å². The van der Waals surface area contributed by atoms with E-state index in [9.17, 15) is 0 Å². The monoisotopic (exact) mass is 309 g/mol. The van der Waals surface area contributed by atoms with Gasteiger partial charge < -0.3 is 10.5 Å². The molecule has 0 unspecified atom stereocenters. The molecule has 0 radical (unpaired) electrons. The van der Waals surface area contributed by atoms with Crippen molar-refractivity contribution in [3.8, 4) is 5.75 Å². The Kier molecular flexibility index (Phi) is 5.72. The summed E-state index contributed by atoms with van der Waals surface area (Å²) < 4.78 is 5.87. The fourth-order valence-corrected chi connectivity index (χ4v) is 2.53. The van der Waals surface area contributed by atoms with E-state index < -0.39 is 0 Å². The van der Waals surface area contributed by atoms with Gasteiger partial charge in [-0.3, -0.25) is 0 Å². The predicted molar refractivity (Wildman–Crippen MR) is 84.6 cm³/mol. The lowest BCUT2D eigenvalue weighted by Gasteiger charge is -2.13. The van der Waals surface area contributed by atoms with Crippen molar-refractivity contribution in [2.45, 2.75) is 19.4 Å². The molecule has 2 aromatic carbocycles. The Balaban J connectivity index is 2.16. The van der Waals surface area contributed by atoms with Gasteiger partial charge in [-0.2, -0.15) is 0 Å². The molecule has 0 aromatic heterocycles. The first-order valence-electron chi connectivity index (χ1n) is 6.55. The average Bonchev–Trinajstić information content (AvgIpc) is 2.45. The Morgan fingerprint density at radius 2 is 1.80 bits per heavy atom. The van der Waals surface area contributed by atoms with Gasteiger partial charge in [0.2, 0.25) is 0 Å². The molecule has 2 N–H and O–H groups in total. The molecule has 0 saturated carbocycles. The molecule has 2 nitrogen and oxygen atoms in total. The average molecular weight is 310 g/mol. The van der Waals surface area contributed by atoms with E-state index in [1.807, 2.05) is 36.4 Å². The first-order chi connectivity index (χ1) is 9.70. The Morgan fingerprint density at radius 3 is 2.50 bits per heavy atom. The third-order valence-corrected chi connectivity index (χ3v) is 3.54. The third kappa shape index (κ3) is 4.14. The quantitative estimate of drug-likeness (QED) is 0.854. The standard InChI is InChI=1S/C16H17Cl2NO/c17-13-9-15(18)14(7-4-8-19)16(10-13)20-11-12-5-2-1-3-6-12/h1-3,5-6,9-10H,4,7-8,11,19H2. The third-order valence-electron chi connectivity index (χ3n) is 2.99. The second-order valence-electron chi connectivity index (χ2n) is 4.53. The summed E-state index contributed by atoms with van der Waals surface area (Å²) in [5.41, 5.74) is 7.64. The van der Waals surface area contributed by atoms with Gasteiger partial charge in [-0.25, -0.2) is 0 Å². The molecule has 4 heteroatoms. The van der Waals surface area contributed by atoms with Gasteiger partial charge in [0.1, 0.15) is 12.4 Å². The number of ether oxygens (including phenoxy) is 1. The summed E-state index contributed by atoms with van der Waals surface area (Å²) in [5.74, 6) is 0.736. The SMILES string of the molecule is NCCCc1c(Cl)cc(Cl)cc1OCc1ccccc1. The van der Waals surface area contributed by atoms with Crippen LogP contribution in [0.25, 0.3) is 0 Å². The van der Waals surface area contributed by atoms with E-state index in [0.717, 1.165) is 29.7 Å². The zero-order valence-electron chi connectivity index (χ0n) is 11.1. The van der Waals surface area contributed by atoms with Crippen molar-refractivity contribution < 1.29 is 4.74 Å². The van der Waals surface area contributed by atoms with Gasteiger partial charge >= 0.3 is 0 Å². The van der Waals surface area contributed by atoms with Crippen molar-refractivity contribution in [2.75, 3.05) is 6.54 Å². The minimum absolute atomic E-state index is 0.493. The molecule has 0 aliphatic rings. The van der Waals surface area contributed by atoms with E-state index in [1.165, 1.54) is 0 Å². The summed E-state index contributed by atoms with van der Waals surface area (Å²) in [7, 11) is 0. The predicted octanol–water partition coefficient (Wildman–Crippen LogP) is 4.46. The first-order valence-corrected chi connectivity index (χ1v) is 7.31. The highest BCUT2D eigenvalue weighted by Gasteiger charge is 2.10. The van der Waals surface area contributed by atoms with Gasteiger partial charge in [-0.15, -0.1) is 0 Å². The Labute approximate surface area is 129 Å². The van der Waals surface area contributed by atoms with Crippen LogP contribution in [0.15, 0.2) is 42.5 Å². The Bertz CT molecular complexity index is 558. The fourth-order valence-electron chi connectivity index (χ4n) is 1.97. The summed E-state index contributed by atoms with van der Waals surface area (Å²) in [5, 5.41) is 1.21. The van der Waals surface area contributed by atoms with Gasteiger partial charge in [0, 0.05) is 15.6 Å². The Hall–Kier alpha value is -1.22. The summed E-state index contributed by atoms with van der Waals surface area (Å²) in [6.07, 6.45) is 1.65. The number of nitrogens with two attached hydrogens (primary N) is 1. The summed E-state index contributed by atoms with van der Waals surface area (Å²) >= 11 is 12.3. The zero-order chi connectivity index (χ0) is 14.4. The second kappa shape index (κ2) is 7.53. The van der Waals surface area contributed by atoms with Crippen LogP contribution in [-0.4, -0.2) is 6.54 Å². The van der Waals surface area contributed by atoms with Crippen molar-refractivity contribution in [3.05, 3.63) is 63.6 Å². The molecule has 0 fully saturated rings. The highest BCUT2D eigenvalue weighted by Crippen LogP contribution is 2.32. The van der Waals surface area contributed by atoms with Crippen LogP contribution in [0, 0.1) is 0 Å². The maximum atomic E-state index is 6.25. The zero-order valence-corrected chi connectivity index (χ0v) is 12.6. The number of halogens is 2. The minimum Gasteiger partial charge on any atom is -0.489 e. The van der Waals surface area contributed by atoms with Crippen LogP contribution in [0.4, 0.5) is 0 Å². The van der Waals surface area contributed by atoms with Crippen molar-refractivity contribution in [3.63, 3.8) is 0 Å². The molecule has 0 saturated heterocycles. The van der Waals surface area contributed by atoms with Crippen LogP contribution >= 0.6 is 23.2 Å². The fraction of sp³-hybridized carbons (Fsp3) is 0.250. The van der Waals surface area contributed by atoms with E-state index in [2.05, 4.69) is 0 Å². The molecule has 0 aliphatic carbocycles. The van der Waals surface area contributed by atoms with Crippen molar-refractivity contribution >= 4 is 23.2 Å². The first kappa shape index (κ1) is 15.2. The largest absolute Gasteiger partial charge is 0.489 e. The molecule has 106 valence electrons. The van der Waals surface area contributed by atoms with Gasteiger partial charge in [0.15, 0.2) is 0 Å². The molecular weight excluding hydrogens is 293 g/mol. The minimum atomic E-state index is 0.493. The van der Waals surface area contributed by atoms with E-state index in [0.29, 0.717) is 23.2 Å². The number of benzene rings is 2. The molecule has 0 aliphatic heterocycles. The van der Waals surface area contributed by atoms with Crippen LogP contribution in [-0.2, 0) is 13.0 Å². The molecule has 2 aromatic rings. The smallest absolute Gasteiger partial charge is 0.125 e. The van der Waals surface area contributed by atoms with Gasteiger partial charge in [0.25, 0.3) is 0 Å². The molecular formula is C16H17Cl2NO. The van der Waals surface area contributed by atoms with Crippen LogP contribution in [0.3, 0.4) is 0 Å². The summed E-state index contributed by atoms with van der Waals surface area (Å²) in [6.45, 7) is 1.12. The van der Waals surface area contributed by atoms with Crippen LogP contribution in [0.5, 0.6) is 5.75 Å². The highest BCUT2D eigenvalue weighted by molar-refractivity contribution is 6.35. The molecule has 0 amide bonds. The van der Waals surface area contributed by atoms with E-state index >= 15 is 0 Å². The van der Waals surface area contributed by atoms with Gasteiger partial charge in [-0.1, -0.05) is 53.5 Å². The maximum absolute atomic E-state index is 6.25. The van der Waals surface area contributed by atoms with Crippen molar-refractivity contribution in [1.29, 1.82) is 0 Å². The second-order valence-corrected chi connectivity index (χ2v) is 5.37. The molecule has 0 spiro atoms. The van der Waals surface area contributed by atoms with Crippen molar-refractivity contribution in [2.24, 2.45) is 5.73 Å². The van der Waals surface area contributed by atoms with E-state index in [1.54, 1.807) is 6.07 Å². The number of hydrogen-bond acceptors (Lipinski definition) is 2. The van der Waals surface area contributed by atoms with Gasteiger partial charge in [0.05, 0.1) is 0 Å². The number of hydrogen-bond donors (Lipinski definition) is 1.